The van der Waals surface area contributed by atoms with E-state index in [1.165, 1.54) is 6.07 Å². The third kappa shape index (κ3) is 4.23. The Morgan fingerprint density at radius 1 is 1.45 bits per heavy atom. The predicted octanol–water partition coefficient (Wildman–Crippen LogP) is 2.32. The van der Waals surface area contributed by atoms with Crippen molar-refractivity contribution in [2.75, 3.05) is 26.8 Å². The molecule has 0 spiro atoms. The van der Waals surface area contributed by atoms with Crippen molar-refractivity contribution in [3.8, 4) is 0 Å². The number of ether oxygens (including phenoxy) is 1. The summed E-state index contributed by atoms with van der Waals surface area (Å²) in [5.74, 6) is 0.404. The number of halogens is 1. The smallest absolute Gasteiger partial charge is 0.128 e. The van der Waals surface area contributed by atoms with Gasteiger partial charge in [0.25, 0.3) is 0 Å². The minimum absolute atomic E-state index is 0.228. The molecule has 1 heterocycles. The maximum atomic E-state index is 14.0. The van der Waals surface area contributed by atoms with Crippen LogP contribution in [0.3, 0.4) is 0 Å². The second-order valence-corrected chi connectivity index (χ2v) is 5.86. The second kappa shape index (κ2) is 7.11. The summed E-state index contributed by atoms with van der Waals surface area (Å²) in [6, 6.07) is 4.97. The minimum Gasteiger partial charge on any atom is -0.389 e. The highest BCUT2D eigenvalue weighted by atomic mass is 32.1. The van der Waals surface area contributed by atoms with E-state index >= 15 is 0 Å². The first-order chi connectivity index (χ1) is 9.56. The van der Waals surface area contributed by atoms with Crippen LogP contribution in [0.2, 0.25) is 0 Å². The number of nitrogens with zero attached hydrogens (tertiary/aromatic N) is 1. The number of thiocarbonyl (C=S) groups is 1. The van der Waals surface area contributed by atoms with Crippen LogP contribution in [-0.2, 0) is 11.3 Å². The van der Waals surface area contributed by atoms with Crippen LogP contribution in [0.25, 0.3) is 0 Å². The average molecular weight is 296 g/mol. The standard InChI is InChI=1S/C15H21FN2OS/c1-18(9-11-4-6-19-7-5-11)10-13-3-2-12(15(17)20)8-14(13)16/h2-3,8,11H,4-7,9-10H2,1H3,(H2,17,20). The molecule has 2 N–H and O–H groups in total. The number of nitrogens with two attached hydrogens (primary N) is 1. The van der Waals surface area contributed by atoms with E-state index in [1.54, 1.807) is 12.1 Å². The fraction of sp³-hybridized carbons (Fsp3) is 0.533. The number of hydrogen-bond acceptors (Lipinski definition) is 3. The van der Waals surface area contributed by atoms with Crippen molar-refractivity contribution in [1.82, 2.24) is 4.90 Å². The molecule has 1 saturated heterocycles. The highest BCUT2D eigenvalue weighted by Crippen LogP contribution is 2.18. The predicted molar refractivity (Wildman–Crippen MR) is 82.2 cm³/mol. The van der Waals surface area contributed by atoms with Gasteiger partial charge < -0.3 is 15.4 Å². The van der Waals surface area contributed by atoms with Crippen molar-refractivity contribution < 1.29 is 9.13 Å². The largest absolute Gasteiger partial charge is 0.389 e. The highest BCUT2D eigenvalue weighted by Gasteiger charge is 2.16. The number of hydrogen-bond donors (Lipinski definition) is 1. The van der Waals surface area contributed by atoms with Crippen LogP contribution < -0.4 is 5.73 Å². The van der Waals surface area contributed by atoms with E-state index in [4.69, 9.17) is 22.7 Å². The Morgan fingerprint density at radius 2 is 2.15 bits per heavy atom. The van der Waals surface area contributed by atoms with Gasteiger partial charge in [0.2, 0.25) is 0 Å². The summed E-state index contributed by atoms with van der Waals surface area (Å²) < 4.78 is 19.3. The van der Waals surface area contributed by atoms with Gasteiger partial charge in [0, 0.05) is 37.4 Å². The molecule has 1 aliphatic heterocycles. The fourth-order valence-corrected chi connectivity index (χ4v) is 2.68. The summed E-state index contributed by atoms with van der Waals surface area (Å²) in [5, 5.41) is 0. The molecule has 1 aliphatic rings. The van der Waals surface area contributed by atoms with Crippen LogP contribution in [-0.4, -0.2) is 36.7 Å². The monoisotopic (exact) mass is 296 g/mol. The first-order valence-electron chi connectivity index (χ1n) is 6.91. The van der Waals surface area contributed by atoms with Crippen LogP contribution >= 0.6 is 12.2 Å². The van der Waals surface area contributed by atoms with Gasteiger partial charge in [-0.05, 0) is 31.9 Å². The summed E-state index contributed by atoms with van der Waals surface area (Å²) in [7, 11) is 2.02. The van der Waals surface area contributed by atoms with Gasteiger partial charge in [-0.15, -0.1) is 0 Å². The van der Waals surface area contributed by atoms with Gasteiger partial charge in [0.1, 0.15) is 10.8 Å². The summed E-state index contributed by atoms with van der Waals surface area (Å²) in [5.41, 5.74) is 6.76. The van der Waals surface area contributed by atoms with Gasteiger partial charge in [0.15, 0.2) is 0 Å². The van der Waals surface area contributed by atoms with Crippen LogP contribution in [0.15, 0.2) is 18.2 Å². The van der Waals surface area contributed by atoms with E-state index in [9.17, 15) is 4.39 Å². The topological polar surface area (TPSA) is 38.5 Å². The van der Waals surface area contributed by atoms with Gasteiger partial charge in [-0.1, -0.05) is 24.4 Å². The lowest BCUT2D eigenvalue weighted by Gasteiger charge is -2.27. The molecule has 0 unspecified atom stereocenters. The van der Waals surface area contributed by atoms with E-state index in [-0.39, 0.29) is 10.8 Å². The first kappa shape index (κ1) is 15.4. The van der Waals surface area contributed by atoms with Crippen LogP contribution in [0.5, 0.6) is 0 Å². The second-order valence-electron chi connectivity index (χ2n) is 5.42. The number of benzene rings is 1. The zero-order chi connectivity index (χ0) is 14.5. The van der Waals surface area contributed by atoms with E-state index in [1.807, 2.05) is 7.05 Å². The molecule has 1 aromatic carbocycles. The highest BCUT2D eigenvalue weighted by molar-refractivity contribution is 7.80. The van der Waals surface area contributed by atoms with Gasteiger partial charge in [0.05, 0.1) is 0 Å². The molecule has 0 aliphatic carbocycles. The maximum absolute atomic E-state index is 14.0. The van der Waals surface area contributed by atoms with Crippen molar-refractivity contribution in [3.05, 3.63) is 35.1 Å². The lowest BCUT2D eigenvalue weighted by molar-refractivity contribution is 0.0548. The van der Waals surface area contributed by atoms with Crippen LogP contribution in [0.4, 0.5) is 4.39 Å². The molecule has 5 heteroatoms. The molecule has 1 aromatic rings. The van der Waals surface area contributed by atoms with Crippen molar-refractivity contribution in [1.29, 1.82) is 0 Å². The van der Waals surface area contributed by atoms with Gasteiger partial charge in [-0.2, -0.15) is 0 Å². The van der Waals surface area contributed by atoms with E-state index in [0.717, 1.165) is 32.6 Å². The lowest BCUT2D eigenvalue weighted by Crippen LogP contribution is -2.29. The molecule has 0 amide bonds. The Labute approximate surface area is 124 Å². The Morgan fingerprint density at radius 3 is 2.75 bits per heavy atom. The van der Waals surface area contributed by atoms with E-state index in [0.29, 0.717) is 23.6 Å². The zero-order valence-corrected chi connectivity index (χ0v) is 12.6. The van der Waals surface area contributed by atoms with Gasteiger partial charge in [-0.3, -0.25) is 0 Å². The molecular formula is C15H21FN2OS. The van der Waals surface area contributed by atoms with Crippen LogP contribution in [0.1, 0.15) is 24.0 Å². The fourth-order valence-electron chi connectivity index (χ4n) is 2.55. The molecule has 110 valence electrons. The maximum Gasteiger partial charge on any atom is 0.128 e. The summed E-state index contributed by atoms with van der Waals surface area (Å²) in [6.07, 6.45) is 2.18. The first-order valence-corrected chi connectivity index (χ1v) is 7.31. The zero-order valence-electron chi connectivity index (χ0n) is 11.8. The third-order valence-electron chi connectivity index (χ3n) is 3.69. The molecular weight excluding hydrogens is 275 g/mol. The van der Waals surface area contributed by atoms with Crippen molar-refractivity contribution >= 4 is 17.2 Å². The van der Waals surface area contributed by atoms with Gasteiger partial charge in [-0.25, -0.2) is 4.39 Å². The quantitative estimate of drug-likeness (QED) is 0.846. The number of rotatable bonds is 5. The molecule has 0 bridgehead atoms. The van der Waals surface area contributed by atoms with Crippen molar-refractivity contribution in [2.24, 2.45) is 11.7 Å². The van der Waals surface area contributed by atoms with Crippen molar-refractivity contribution in [2.45, 2.75) is 19.4 Å². The summed E-state index contributed by atoms with van der Waals surface area (Å²) in [4.78, 5) is 2.39. The Hall–Kier alpha value is -1.04. The normalized spacial score (nSPS) is 16.6. The lowest BCUT2D eigenvalue weighted by atomic mass is 9.99. The average Bonchev–Trinajstić information content (AvgIpc) is 2.42. The Balaban J connectivity index is 1.93. The minimum atomic E-state index is -0.242. The summed E-state index contributed by atoms with van der Waals surface area (Å²) in [6.45, 7) is 3.26. The van der Waals surface area contributed by atoms with Crippen LogP contribution in [0, 0.1) is 11.7 Å². The van der Waals surface area contributed by atoms with E-state index in [2.05, 4.69) is 4.90 Å². The molecule has 0 atom stereocenters. The molecule has 0 saturated carbocycles. The molecule has 0 radical (unpaired) electrons. The SMILES string of the molecule is CN(Cc1ccc(C(N)=S)cc1F)CC1CCOCC1. The molecule has 20 heavy (non-hydrogen) atoms. The molecule has 1 fully saturated rings. The van der Waals surface area contributed by atoms with Gasteiger partial charge >= 0.3 is 0 Å². The Bertz CT molecular complexity index is 475. The molecule has 3 nitrogen and oxygen atoms in total. The third-order valence-corrected chi connectivity index (χ3v) is 3.92. The van der Waals surface area contributed by atoms with Crippen molar-refractivity contribution in [3.63, 3.8) is 0 Å². The summed E-state index contributed by atoms with van der Waals surface area (Å²) >= 11 is 4.85. The van der Waals surface area contributed by atoms with E-state index < -0.39 is 0 Å². The molecule has 2 rings (SSSR count). The Kier molecular flexibility index (Phi) is 5.46. The molecule has 0 aromatic heterocycles.